The van der Waals surface area contributed by atoms with Crippen LogP contribution in [0.1, 0.15) is 95.9 Å². The van der Waals surface area contributed by atoms with Crippen molar-refractivity contribution in [1.82, 2.24) is 10.6 Å². The number of halogens is 2. The third-order valence-corrected chi connectivity index (χ3v) is 12.9. The van der Waals surface area contributed by atoms with Crippen LogP contribution in [0.25, 0.3) is 11.1 Å². The van der Waals surface area contributed by atoms with E-state index >= 15 is 0 Å². The van der Waals surface area contributed by atoms with Crippen molar-refractivity contribution in [2.75, 3.05) is 19.8 Å². The zero-order valence-electron chi connectivity index (χ0n) is 37.1. The smallest absolute Gasteiger partial charge is 0.326 e. The molecule has 14 nitrogen and oxygen atoms in total. The van der Waals surface area contributed by atoms with Crippen LogP contribution in [0.15, 0.2) is 78.9 Å². The molecule has 348 valence electrons. The van der Waals surface area contributed by atoms with Crippen LogP contribution in [0.4, 0.5) is 0 Å². The third kappa shape index (κ3) is 10.5. The summed E-state index contributed by atoms with van der Waals surface area (Å²) < 4.78 is 25.5. The molecule has 5 aromatic rings. The highest BCUT2D eigenvalue weighted by Crippen LogP contribution is 2.47. The number of aliphatic hydroxyl groups excluding tert-OH is 2. The van der Waals surface area contributed by atoms with Crippen LogP contribution in [0.3, 0.4) is 0 Å². The minimum atomic E-state index is -1.65. The van der Waals surface area contributed by atoms with Crippen molar-refractivity contribution in [3.63, 3.8) is 0 Å². The molecule has 67 heavy (non-hydrogen) atoms. The Labute approximate surface area is 398 Å². The van der Waals surface area contributed by atoms with Gasteiger partial charge in [0.2, 0.25) is 0 Å². The van der Waals surface area contributed by atoms with Crippen LogP contribution in [0.2, 0.25) is 10.0 Å². The molecule has 2 unspecified atom stereocenters. The number of carboxylic acid groups (broad SMARTS) is 2. The topological polar surface area (TPSA) is 224 Å². The van der Waals surface area contributed by atoms with Crippen LogP contribution >= 0.6 is 23.2 Å². The zero-order valence-corrected chi connectivity index (χ0v) is 38.6. The summed E-state index contributed by atoms with van der Waals surface area (Å²) >= 11 is 13.7. The number of carboxylic acids is 2. The minimum Gasteiger partial charge on any atom is -0.493 e. The second-order valence-corrected chi connectivity index (χ2v) is 17.8. The molecule has 0 amide bonds. The summed E-state index contributed by atoms with van der Waals surface area (Å²) in [4.78, 5) is 23.8. The summed E-state index contributed by atoms with van der Waals surface area (Å²) in [5.74, 6) is -0.837. The maximum absolute atomic E-state index is 12.0. The first-order valence-corrected chi connectivity index (χ1v) is 22.5. The lowest BCUT2D eigenvalue weighted by Gasteiger charge is -2.25. The van der Waals surface area contributed by atoms with Gasteiger partial charge in [-0.25, -0.2) is 0 Å². The van der Waals surface area contributed by atoms with E-state index in [9.17, 15) is 40.5 Å². The molecule has 5 aromatic carbocycles. The molecule has 0 spiro atoms. The molecule has 0 radical (unpaired) electrons. The fraction of sp³-hybridized carbons (Fsp3) is 0.333. The molecule has 4 atom stereocenters. The highest BCUT2D eigenvalue weighted by molar-refractivity contribution is 6.32. The van der Waals surface area contributed by atoms with Gasteiger partial charge in [-0.05, 0) is 116 Å². The molecular formula is C51H50Cl2N4O10. The molecule has 7 rings (SSSR count). The van der Waals surface area contributed by atoms with Crippen LogP contribution in [0.5, 0.6) is 23.0 Å². The van der Waals surface area contributed by atoms with Crippen LogP contribution in [0, 0.1) is 22.7 Å². The summed E-state index contributed by atoms with van der Waals surface area (Å²) in [6.45, 7) is 3.73. The Morgan fingerprint density at radius 3 is 1.54 bits per heavy atom. The van der Waals surface area contributed by atoms with E-state index in [1.807, 2.05) is 19.1 Å². The number of aliphatic hydroxyl groups is 2. The SMILES string of the molecule is CCOc1cc(O[C@H]2CCc3c(-c4cccc5c4CC[C@@H]5Oc4cc(OCc5cc(C#N)cc(C#N)c5)c(CNC(C)(CO)C(=O)O)cc4Cl)cccc32)c(Cl)cc1CNC(C)(CO)C(=O)O. The van der Waals surface area contributed by atoms with Gasteiger partial charge in [0, 0.05) is 36.3 Å². The lowest BCUT2D eigenvalue weighted by Crippen LogP contribution is -2.52. The van der Waals surface area contributed by atoms with Gasteiger partial charge in [-0.3, -0.25) is 20.2 Å². The largest absolute Gasteiger partial charge is 0.493 e. The van der Waals surface area contributed by atoms with E-state index in [2.05, 4.69) is 47.0 Å². The molecule has 0 heterocycles. The van der Waals surface area contributed by atoms with E-state index in [0.717, 1.165) is 40.7 Å². The van der Waals surface area contributed by atoms with Crippen LogP contribution in [-0.4, -0.2) is 63.3 Å². The monoisotopic (exact) mass is 948 g/mol. The number of carbonyl (C=O) groups is 2. The molecule has 0 fully saturated rings. The van der Waals surface area contributed by atoms with Gasteiger partial charge >= 0.3 is 11.9 Å². The lowest BCUT2D eigenvalue weighted by molar-refractivity contribution is -0.146. The van der Waals surface area contributed by atoms with Gasteiger partial charge in [0.15, 0.2) is 0 Å². The highest BCUT2D eigenvalue weighted by atomic mass is 35.5. The third-order valence-electron chi connectivity index (χ3n) is 12.3. The number of benzene rings is 5. The van der Waals surface area contributed by atoms with Crippen molar-refractivity contribution in [2.45, 2.75) is 89.4 Å². The van der Waals surface area contributed by atoms with Crippen molar-refractivity contribution in [2.24, 2.45) is 0 Å². The van der Waals surface area contributed by atoms with E-state index in [1.54, 1.807) is 36.4 Å². The van der Waals surface area contributed by atoms with Gasteiger partial charge in [-0.15, -0.1) is 0 Å². The summed E-state index contributed by atoms with van der Waals surface area (Å²) in [6.07, 6.45) is 2.19. The second kappa shape index (κ2) is 20.7. The van der Waals surface area contributed by atoms with E-state index in [1.165, 1.54) is 25.5 Å². The molecular weight excluding hydrogens is 899 g/mol. The molecule has 0 saturated heterocycles. The second-order valence-electron chi connectivity index (χ2n) is 17.0. The number of fused-ring (bicyclic) bond motifs is 2. The summed E-state index contributed by atoms with van der Waals surface area (Å²) in [7, 11) is 0. The van der Waals surface area contributed by atoms with Crippen molar-refractivity contribution >= 4 is 35.1 Å². The standard InChI is InChI=1S/C51H50Cl2N4O10/c1-4-64-44-20-46(40(52)18-32(44)24-56-50(2,27-58)48(60)61)66-42-13-11-36-34(7-5-9-38(36)42)35-8-6-10-39-37(35)12-14-43(39)67-47-21-45(65-26-31-16-29(22-54)15-30(17-31)23-55)33(19-41(47)53)25-57-51(3,28-59)49(62)63/h5-10,15-21,42-43,56-59H,4,11-14,24-28H2,1-3H3,(H,60,61)(H,62,63)/t42-,43-,50?,51?/m0/s1. The Morgan fingerprint density at radius 1 is 0.687 bits per heavy atom. The number of nitriles is 2. The Bertz CT molecular complexity index is 2760. The zero-order chi connectivity index (χ0) is 48.0. The Hall–Kier alpha value is -6.36. The fourth-order valence-electron chi connectivity index (χ4n) is 8.37. The molecule has 2 aliphatic rings. The number of rotatable bonds is 20. The van der Waals surface area contributed by atoms with Crippen molar-refractivity contribution < 1.29 is 49.0 Å². The highest BCUT2D eigenvalue weighted by Gasteiger charge is 2.35. The van der Waals surface area contributed by atoms with Crippen molar-refractivity contribution in [1.29, 1.82) is 10.5 Å². The van der Waals surface area contributed by atoms with Gasteiger partial charge in [0.25, 0.3) is 0 Å². The number of hydrogen-bond donors (Lipinski definition) is 6. The van der Waals surface area contributed by atoms with E-state index in [-0.39, 0.29) is 36.9 Å². The van der Waals surface area contributed by atoms with Gasteiger partial charge in [0.05, 0.1) is 53.1 Å². The molecule has 0 aromatic heterocycles. The molecule has 0 aliphatic heterocycles. The van der Waals surface area contributed by atoms with E-state index < -0.39 is 36.2 Å². The summed E-state index contributed by atoms with van der Waals surface area (Å²) in [6, 6.07) is 27.9. The fourth-order valence-corrected chi connectivity index (χ4v) is 8.83. The van der Waals surface area contributed by atoms with Crippen LogP contribution < -0.4 is 29.6 Å². The summed E-state index contributed by atoms with van der Waals surface area (Å²) in [5.41, 5.74) is 5.64. The number of nitrogens with one attached hydrogen (secondary N) is 2. The Balaban J connectivity index is 1.13. The molecule has 16 heteroatoms. The first-order valence-electron chi connectivity index (χ1n) is 21.7. The van der Waals surface area contributed by atoms with E-state index in [4.69, 9.17) is 42.1 Å². The average Bonchev–Trinajstić information content (AvgIpc) is 3.94. The summed E-state index contributed by atoms with van der Waals surface area (Å²) in [5, 5.41) is 64.4. The predicted octanol–water partition coefficient (Wildman–Crippen LogP) is 8.36. The quantitative estimate of drug-likeness (QED) is 0.0432. The van der Waals surface area contributed by atoms with Crippen LogP contribution in [-0.2, 0) is 42.1 Å². The van der Waals surface area contributed by atoms with Crippen molar-refractivity contribution in [3.8, 4) is 46.3 Å². The normalized spacial score (nSPS) is 16.7. The van der Waals surface area contributed by atoms with E-state index in [0.29, 0.717) is 75.3 Å². The van der Waals surface area contributed by atoms with Gasteiger partial charge in [0.1, 0.15) is 52.9 Å². The Morgan fingerprint density at radius 2 is 1.13 bits per heavy atom. The average molecular weight is 950 g/mol. The van der Waals surface area contributed by atoms with Crippen molar-refractivity contribution in [3.05, 3.63) is 139 Å². The molecule has 6 N–H and O–H groups in total. The van der Waals surface area contributed by atoms with Gasteiger partial charge in [-0.1, -0.05) is 59.6 Å². The number of hydrogen-bond acceptors (Lipinski definition) is 12. The Kier molecular flexibility index (Phi) is 15.0. The molecule has 2 aliphatic carbocycles. The maximum atomic E-state index is 12.0. The first kappa shape index (κ1) is 48.6. The number of nitrogens with zero attached hydrogens (tertiary/aromatic N) is 2. The first-order chi connectivity index (χ1) is 32.1. The predicted molar refractivity (Wildman–Crippen MR) is 249 cm³/mol. The molecule has 0 saturated carbocycles. The van der Waals surface area contributed by atoms with Gasteiger partial charge < -0.3 is 39.4 Å². The number of ether oxygens (including phenoxy) is 4. The lowest BCUT2D eigenvalue weighted by atomic mass is 9.91. The van der Waals surface area contributed by atoms with Gasteiger partial charge in [-0.2, -0.15) is 10.5 Å². The maximum Gasteiger partial charge on any atom is 0.326 e. The molecule has 0 bridgehead atoms. The minimum absolute atomic E-state index is 0.0232. The number of aliphatic carboxylic acids is 2.